The van der Waals surface area contributed by atoms with Gasteiger partial charge in [0.1, 0.15) is 6.23 Å². The van der Waals surface area contributed by atoms with Gasteiger partial charge in [-0.2, -0.15) is 0 Å². The van der Waals surface area contributed by atoms with Gasteiger partial charge in [0.25, 0.3) is 0 Å². The summed E-state index contributed by atoms with van der Waals surface area (Å²) in [6.07, 6.45) is 2.20. The van der Waals surface area contributed by atoms with Gasteiger partial charge in [-0.25, -0.2) is 13.2 Å². The molecule has 0 aliphatic carbocycles. The zero-order chi connectivity index (χ0) is 22.1. The minimum atomic E-state index is -1.75. The first kappa shape index (κ1) is 26.6. The summed E-state index contributed by atoms with van der Waals surface area (Å²) in [5.74, 6) is -1.03. The molecule has 2 rings (SSSR count). The molecule has 2 N–H and O–H groups in total. The molecular formula is C20H30F3N3O3. The van der Waals surface area contributed by atoms with E-state index in [1.165, 1.54) is 7.05 Å². The van der Waals surface area contributed by atoms with Crippen LogP contribution in [0.3, 0.4) is 0 Å². The molecule has 1 aromatic rings. The van der Waals surface area contributed by atoms with Crippen LogP contribution in [-0.2, 0) is 20.9 Å². The molecule has 2 atom stereocenters. The second-order valence-electron chi connectivity index (χ2n) is 5.53. The third kappa shape index (κ3) is 10.7. The van der Waals surface area contributed by atoms with E-state index in [0.717, 1.165) is 23.1 Å². The van der Waals surface area contributed by atoms with Crippen molar-refractivity contribution in [2.45, 2.75) is 45.6 Å². The summed E-state index contributed by atoms with van der Waals surface area (Å²) in [6.45, 7) is 3.17. The fourth-order valence-electron chi connectivity index (χ4n) is 2.40. The molecule has 6 nitrogen and oxygen atoms in total. The van der Waals surface area contributed by atoms with E-state index >= 15 is 0 Å². The molecule has 2 unspecified atom stereocenters. The molecule has 0 aromatic heterocycles. The minimum absolute atomic E-state index is 0.130. The van der Waals surface area contributed by atoms with Crippen LogP contribution in [0.25, 0.3) is 0 Å². The Kier molecular flexibility index (Phi) is 15.2. The Morgan fingerprint density at radius 1 is 1.31 bits per heavy atom. The number of amidine groups is 1. The van der Waals surface area contributed by atoms with Gasteiger partial charge in [0.15, 0.2) is 11.7 Å². The van der Waals surface area contributed by atoms with Gasteiger partial charge in [0.2, 0.25) is 13.3 Å². The van der Waals surface area contributed by atoms with E-state index in [0.29, 0.717) is 26.0 Å². The number of amides is 1. The van der Waals surface area contributed by atoms with Crippen molar-refractivity contribution in [2.24, 2.45) is 10.7 Å². The Morgan fingerprint density at radius 3 is 2.48 bits per heavy atom. The number of hydrogen-bond donors (Lipinski definition) is 1. The number of halogens is 3. The summed E-state index contributed by atoms with van der Waals surface area (Å²) < 4.78 is 44.3. The van der Waals surface area contributed by atoms with Crippen LogP contribution in [0, 0.1) is 0 Å². The van der Waals surface area contributed by atoms with Crippen LogP contribution in [0.5, 0.6) is 0 Å². The quantitative estimate of drug-likeness (QED) is 0.396. The summed E-state index contributed by atoms with van der Waals surface area (Å²) in [5.41, 5.74) is 6.45. The lowest BCUT2D eigenvalue weighted by Gasteiger charge is -2.21. The number of rotatable bonds is 8. The van der Waals surface area contributed by atoms with Crippen molar-refractivity contribution in [1.82, 2.24) is 4.90 Å². The normalized spacial score (nSPS) is 18.8. The number of carbonyl (C=O) groups is 1. The summed E-state index contributed by atoms with van der Waals surface area (Å²) in [5, 5.41) is 0. The molecular weight excluding hydrogens is 387 g/mol. The fraction of sp³-hybridized carbons (Fsp3) is 0.500. The third-order valence-corrected chi connectivity index (χ3v) is 3.70. The predicted molar refractivity (Wildman–Crippen MR) is 107 cm³/mol. The van der Waals surface area contributed by atoms with Crippen molar-refractivity contribution in [2.75, 3.05) is 20.6 Å². The Bertz CT molecular complexity index is 615. The number of hydrogen-bond acceptors (Lipinski definition) is 4. The van der Waals surface area contributed by atoms with Gasteiger partial charge in [0.05, 0.1) is 19.3 Å². The smallest absolute Gasteiger partial charge is 0.229 e. The molecule has 0 bridgehead atoms. The van der Waals surface area contributed by atoms with Gasteiger partial charge in [-0.3, -0.25) is 14.7 Å². The SMILES string of the molecule is CC.CN=C(N)/C(F)=C\N(C=O)C1CCC(COCc2ccccc2)O1.FCF. The monoisotopic (exact) mass is 417 g/mol. The zero-order valence-electron chi connectivity index (χ0n) is 17.1. The molecule has 1 aliphatic heterocycles. The van der Waals surface area contributed by atoms with Gasteiger partial charge >= 0.3 is 0 Å². The van der Waals surface area contributed by atoms with Crippen LogP contribution < -0.4 is 5.73 Å². The maximum absolute atomic E-state index is 13.7. The van der Waals surface area contributed by atoms with Crippen molar-refractivity contribution in [3.8, 4) is 0 Å². The second-order valence-corrected chi connectivity index (χ2v) is 5.53. The second kappa shape index (κ2) is 16.6. The highest BCUT2D eigenvalue weighted by molar-refractivity contribution is 5.94. The van der Waals surface area contributed by atoms with Crippen molar-refractivity contribution in [3.63, 3.8) is 0 Å². The van der Waals surface area contributed by atoms with Gasteiger partial charge in [-0.15, -0.1) is 0 Å². The molecule has 0 saturated carbocycles. The van der Waals surface area contributed by atoms with E-state index < -0.39 is 19.0 Å². The maximum Gasteiger partial charge on any atom is 0.229 e. The lowest BCUT2D eigenvalue weighted by molar-refractivity contribution is -0.128. The first-order valence-electron chi connectivity index (χ1n) is 9.27. The largest absolute Gasteiger partial charge is 0.382 e. The Balaban J connectivity index is 0.00000143. The number of nitrogens with two attached hydrogens (primary N) is 1. The van der Waals surface area contributed by atoms with E-state index in [1.54, 1.807) is 0 Å². The number of carbonyl (C=O) groups excluding carboxylic acids is 1. The summed E-state index contributed by atoms with van der Waals surface area (Å²) in [7, 11) is 1.38. The van der Waals surface area contributed by atoms with Crippen molar-refractivity contribution in [1.29, 1.82) is 0 Å². The molecule has 1 aromatic carbocycles. The minimum Gasteiger partial charge on any atom is -0.382 e. The van der Waals surface area contributed by atoms with Crippen LogP contribution in [0.2, 0.25) is 0 Å². The molecule has 9 heteroatoms. The predicted octanol–water partition coefficient (Wildman–Crippen LogP) is 3.87. The van der Waals surface area contributed by atoms with Gasteiger partial charge in [-0.1, -0.05) is 44.2 Å². The highest BCUT2D eigenvalue weighted by Crippen LogP contribution is 2.23. The van der Waals surface area contributed by atoms with Gasteiger partial charge in [0, 0.05) is 13.2 Å². The topological polar surface area (TPSA) is 77.2 Å². The van der Waals surface area contributed by atoms with E-state index in [2.05, 4.69) is 4.99 Å². The molecule has 164 valence electrons. The average molecular weight is 417 g/mol. The van der Waals surface area contributed by atoms with Crippen LogP contribution >= 0.6 is 0 Å². The maximum atomic E-state index is 13.7. The molecule has 0 radical (unpaired) electrons. The number of benzene rings is 1. The van der Waals surface area contributed by atoms with Crippen molar-refractivity contribution < 1.29 is 27.4 Å². The average Bonchev–Trinajstić information content (AvgIpc) is 3.22. The molecule has 1 fully saturated rings. The summed E-state index contributed by atoms with van der Waals surface area (Å²) in [4.78, 5) is 15.8. The zero-order valence-corrected chi connectivity index (χ0v) is 17.1. The van der Waals surface area contributed by atoms with Crippen LogP contribution in [0.15, 0.2) is 47.4 Å². The molecule has 1 amide bonds. The molecule has 1 saturated heterocycles. The number of nitrogens with zero attached hydrogens (tertiary/aromatic N) is 2. The van der Waals surface area contributed by atoms with Gasteiger partial charge < -0.3 is 15.2 Å². The van der Waals surface area contributed by atoms with E-state index in [-0.39, 0.29) is 11.9 Å². The summed E-state index contributed by atoms with van der Waals surface area (Å²) in [6, 6.07) is 9.83. The van der Waals surface area contributed by atoms with Crippen molar-refractivity contribution in [3.05, 3.63) is 47.9 Å². The van der Waals surface area contributed by atoms with Crippen LogP contribution in [-0.4, -0.2) is 50.1 Å². The Morgan fingerprint density at radius 2 is 1.93 bits per heavy atom. The standard InChI is InChI=1S/C17H22FN3O3.C2H6.CH2F2/c1-20-17(19)15(18)9-21(12-22)16-8-7-14(24-16)11-23-10-13-5-3-2-4-6-13;1-2;2-1-3/h2-6,9,12,14,16H,7-8,10-11H2,1H3,(H2,19,20);1-2H3;1H2/b15-9+;;. The van der Waals surface area contributed by atoms with E-state index in [1.807, 2.05) is 44.2 Å². The first-order chi connectivity index (χ1) is 14.0. The lowest BCUT2D eigenvalue weighted by Crippen LogP contribution is -2.31. The highest BCUT2D eigenvalue weighted by Gasteiger charge is 2.29. The molecule has 0 spiro atoms. The Hall–Kier alpha value is -2.39. The fourth-order valence-corrected chi connectivity index (χ4v) is 2.40. The lowest BCUT2D eigenvalue weighted by atomic mass is 10.2. The van der Waals surface area contributed by atoms with Gasteiger partial charge in [-0.05, 0) is 18.4 Å². The highest BCUT2D eigenvalue weighted by atomic mass is 19.3. The van der Waals surface area contributed by atoms with Crippen LogP contribution in [0.4, 0.5) is 13.2 Å². The number of alkyl halides is 2. The first-order valence-corrected chi connectivity index (χ1v) is 9.27. The molecule has 1 aliphatic rings. The third-order valence-electron chi connectivity index (χ3n) is 3.70. The molecule has 29 heavy (non-hydrogen) atoms. The Labute approximate surface area is 170 Å². The van der Waals surface area contributed by atoms with E-state index in [4.69, 9.17) is 15.2 Å². The van der Waals surface area contributed by atoms with Crippen LogP contribution in [0.1, 0.15) is 32.3 Å². The number of aliphatic imine (C=N–C) groups is 1. The van der Waals surface area contributed by atoms with Crippen molar-refractivity contribution >= 4 is 12.2 Å². The summed E-state index contributed by atoms with van der Waals surface area (Å²) >= 11 is 0. The van der Waals surface area contributed by atoms with E-state index in [9.17, 15) is 18.0 Å². The number of ether oxygens (including phenoxy) is 2. The molecule has 1 heterocycles.